The first-order valence-corrected chi connectivity index (χ1v) is 7.57. The molecule has 104 valence electrons. The summed E-state index contributed by atoms with van der Waals surface area (Å²) in [5.74, 6) is 1.62. The molecule has 1 aliphatic rings. The van der Waals surface area contributed by atoms with Gasteiger partial charge in [0, 0.05) is 6.42 Å². The van der Waals surface area contributed by atoms with Crippen LogP contribution >= 0.6 is 0 Å². The Balaban J connectivity index is 2.41. The van der Waals surface area contributed by atoms with Crippen molar-refractivity contribution in [3.63, 3.8) is 0 Å². The Morgan fingerprint density at radius 2 is 2.06 bits per heavy atom. The molecule has 0 aromatic carbocycles. The number of ketones is 1. The third kappa shape index (κ3) is 5.34. The van der Waals surface area contributed by atoms with E-state index in [1.807, 2.05) is 0 Å². The molecule has 0 fully saturated rings. The first-order valence-electron chi connectivity index (χ1n) is 7.57. The van der Waals surface area contributed by atoms with Crippen LogP contribution in [0.4, 0.5) is 0 Å². The Morgan fingerprint density at radius 3 is 2.72 bits per heavy atom. The number of hydrogen-bond donors (Lipinski definition) is 1. The van der Waals surface area contributed by atoms with Crippen molar-refractivity contribution in [3.8, 4) is 0 Å². The minimum absolute atomic E-state index is 0.388. The second kappa shape index (κ2) is 8.47. The molecule has 0 aromatic rings. The highest BCUT2D eigenvalue weighted by atomic mass is 16.1. The highest BCUT2D eigenvalue weighted by molar-refractivity contribution is 5.95. The van der Waals surface area contributed by atoms with Crippen molar-refractivity contribution in [1.29, 1.82) is 0 Å². The maximum absolute atomic E-state index is 12.2. The molecule has 0 saturated carbocycles. The number of allylic oxidation sites excluding steroid dienone is 2. The van der Waals surface area contributed by atoms with E-state index in [-0.39, 0.29) is 0 Å². The van der Waals surface area contributed by atoms with Crippen molar-refractivity contribution < 1.29 is 4.79 Å². The Hall–Kier alpha value is -0.630. The lowest BCUT2D eigenvalue weighted by molar-refractivity contribution is -0.116. The van der Waals surface area contributed by atoms with Crippen LogP contribution in [0.3, 0.4) is 0 Å². The number of carbonyl (C=O) groups excluding carboxylic acids is 1. The average molecular weight is 251 g/mol. The Labute approximate surface area is 112 Å². The molecule has 0 radical (unpaired) electrons. The van der Waals surface area contributed by atoms with Gasteiger partial charge in [-0.1, -0.05) is 26.3 Å². The molecule has 1 aliphatic carbocycles. The van der Waals surface area contributed by atoms with Gasteiger partial charge in [0.1, 0.15) is 0 Å². The predicted octanol–water partition coefficient (Wildman–Crippen LogP) is 3.85. The van der Waals surface area contributed by atoms with Gasteiger partial charge < -0.3 is 5.73 Å². The van der Waals surface area contributed by atoms with E-state index in [1.54, 1.807) is 0 Å². The van der Waals surface area contributed by atoms with Crippen LogP contribution in [0, 0.1) is 11.8 Å². The summed E-state index contributed by atoms with van der Waals surface area (Å²) in [7, 11) is 0. The van der Waals surface area contributed by atoms with E-state index in [4.69, 9.17) is 5.73 Å². The lowest BCUT2D eigenvalue weighted by atomic mass is 9.86. The van der Waals surface area contributed by atoms with Gasteiger partial charge in [0.05, 0.1) is 0 Å². The van der Waals surface area contributed by atoms with Gasteiger partial charge in [0.25, 0.3) is 0 Å². The summed E-state index contributed by atoms with van der Waals surface area (Å²) >= 11 is 0. The summed E-state index contributed by atoms with van der Waals surface area (Å²) in [6, 6.07) is 0. The Bertz CT molecular complexity index is 281. The van der Waals surface area contributed by atoms with Gasteiger partial charge in [0.2, 0.25) is 0 Å². The van der Waals surface area contributed by atoms with Crippen LogP contribution < -0.4 is 5.73 Å². The van der Waals surface area contributed by atoms with Gasteiger partial charge in [-0.25, -0.2) is 0 Å². The minimum atomic E-state index is 0.388. The zero-order valence-electron chi connectivity index (χ0n) is 12.1. The number of Topliss-reactive ketones (excluding diaryl/α,β-unsaturated/α-hetero) is 1. The fraction of sp³-hybridized carbons (Fsp3) is 0.812. The Kier molecular flexibility index (Phi) is 7.26. The topological polar surface area (TPSA) is 43.1 Å². The van der Waals surface area contributed by atoms with Gasteiger partial charge in [-0.15, -0.1) is 0 Å². The molecule has 0 aromatic heterocycles. The molecule has 18 heavy (non-hydrogen) atoms. The van der Waals surface area contributed by atoms with E-state index < -0.39 is 0 Å². The maximum Gasteiger partial charge on any atom is 0.158 e. The second-order valence-electron chi connectivity index (χ2n) is 5.87. The molecule has 0 bridgehead atoms. The number of nitrogens with two attached hydrogens (primary N) is 1. The van der Waals surface area contributed by atoms with Crippen LogP contribution in [0.2, 0.25) is 0 Å². The predicted molar refractivity (Wildman–Crippen MR) is 77.4 cm³/mol. The SMILES string of the molecule is CC(C)C(CCN)CCC(=O)C1=CCCCCC1. The lowest BCUT2D eigenvalue weighted by Gasteiger charge is -2.19. The molecule has 2 heteroatoms. The van der Waals surface area contributed by atoms with Crippen LogP contribution in [0.25, 0.3) is 0 Å². The quantitative estimate of drug-likeness (QED) is 0.747. The van der Waals surface area contributed by atoms with E-state index in [9.17, 15) is 4.79 Å². The van der Waals surface area contributed by atoms with Crippen LogP contribution in [0.15, 0.2) is 11.6 Å². The smallest absolute Gasteiger partial charge is 0.158 e. The van der Waals surface area contributed by atoms with Crippen molar-refractivity contribution in [2.45, 2.75) is 65.2 Å². The minimum Gasteiger partial charge on any atom is -0.330 e. The summed E-state index contributed by atoms with van der Waals surface area (Å²) in [5, 5.41) is 0. The Morgan fingerprint density at radius 1 is 1.28 bits per heavy atom. The van der Waals surface area contributed by atoms with E-state index in [0.29, 0.717) is 24.0 Å². The summed E-state index contributed by atoms with van der Waals surface area (Å²) in [5.41, 5.74) is 6.74. The zero-order valence-corrected chi connectivity index (χ0v) is 12.1. The maximum atomic E-state index is 12.2. The fourth-order valence-electron chi connectivity index (χ4n) is 2.77. The zero-order chi connectivity index (χ0) is 13.4. The number of rotatable bonds is 7. The molecule has 1 rings (SSSR count). The van der Waals surface area contributed by atoms with Gasteiger partial charge in [-0.05, 0) is 62.5 Å². The van der Waals surface area contributed by atoms with E-state index >= 15 is 0 Å². The third-order valence-corrected chi connectivity index (χ3v) is 4.12. The van der Waals surface area contributed by atoms with Crippen molar-refractivity contribution in [2.75, 3.05) is 6.54 Å². The van der Waals surface area contributed by atoms with E-state index in [2.05, 4.69) is 19.9 Å². The molecule has 0 spiro atoms. The largest absolute Gasteiger partial charge is 0.330 e. The lowest BCUT2D eigenvalue weighted by Crippen LogP contribution is -2.16. The molecular formula is C16H29NO. The molecule has 2 nitrogen and oxygen atoms in total. The van der Waals surface area contributed by atoms with Gasteiger partial charge in [0.15, 0.2) is 5.78 Å². The number of hydrogen-bond acceptors (Lipinski definition) is 2. The van der Waals surface area contributed by atoms with Gasteiger partial charge in [-0.3, -0.25) is 4.79 Å². The highest BCUT2D eigenvalue weighted by Crippen LogP contribution is 2.24. The number of carbonyl (C=O) groups is 1. The average Bonchev–Trinajstić information content (AvgIpc) is 2.62. The molecule has 0 aliphatic heterocycles. The monoisotopic (exact) mass is 251 g/mol. The van der Waals surface area contributed by atoms with Crippen LogP contribution in [0.1, 0.15) is 65.2 Å². The molecule has 1 unspecified atom stereocenters. The molecule has 1 atom stereocenters. The summed E-state index contributed by atoms with van der Waals surface area (Å²) in [6.07, 6.45) is 10.8. The molecule has 0 amide bonds. The second-order valence-corrected chi connectivity index (χ2v) is 5.87. The van der Waals surface area contributed by atoms with Crippen LogP contribution in [-0.2, 0) is 4.79 Å². The normalized spacial score (nSPS) is 18.3. The summed E-state index contributed by atoms with van der Waals surface area (Å²) in [6.45, 7) is 5.20. The van der Waals surface area contributed by atoms with Crippen molar-refractivity contribution >= 4 is 5.78 Å². The fourth-order valence-corrected chi connectivity index (χ4v) is 2.77. The van der Waals surface area contributed by atoms with Crippen LogP contribution in [0.5, 0.6) is 0 Å². The van der Waals surface area contributed by atoms with Gasteiger partial charge >= 0.3 is 0 Å². The first kappa shape index (κ1) is 15.4. The first-order chi connectivity index (χ1) is 8.65. The standard InChI is InChI=1S/C16H29NO/c1-13(2)14(11-12-17)9-10-16(18)15-7-5-3-4-6-8-15/h7,13-14H,3-6,8-12,17H2,1-2H3. The molecule has 2 N–H and O–H groups in total. The summed E-state index contributed by atoms with van der Waals surface area (Å²) in [4.78, 5) is 12.2. The summed E-state index contributed by atoms with van der Waals surface area (Å²) < 4.78 is 0. The molecule has 0 heterocycles. The van der Waals surface area contributed by atoms with E-state index in [1.165, 1.54) is 19.3 Å². The van der Waals surface area contributed by atoms with Crippen molar-refractivity contribution in [2.24, 2.45) is 17.6 Å². The molecule has 0 saturated heterocycles. The third-order valence-electron chi connectivity index (χ3n) is 4.12. The van der Waals surface area contributed by atoms with Crippen molar-refractivity contribution in [3.05, 3.63) is 11.6 Å². The van der Waals surface area contributed by atoms with Crippen molar-refractivity contribution in [1.82, 2.24) is 0 Å². The highest BCUT2D eigenvalue weighted by Gasteiger charge is 2.16. The van der Waals surface area contributed by atoms with Gasteiger partial charge in [-0.2, -0.15) is 0 Å². The molecular weight excluding hydrogens is 222 g/mol. The van der Waals surface area contributed by atoms with E-state index in [0.717, 1.165) is 37.8 Å². The van der Waals surface area contributed by atoms with Crippen LogP contribution in [-0.4, -0.2) is 12.3 Å².